The van der Waals surface area contributed by atoms with Crippen LogP contribution in [0.25, 0.3) is 0 Å². The van der Waals surface area contributed by atoms with E-state index < -0.39 is 27.6 Å². The predicted octanol–water partition coefficient (Wildman–Crippen LogP) is 2.74. The molecular formula is C22H27N5O5S. The van der Waals surface area contributed by atoms with E-state index in [1.54, 1.807) is 16.8 Å². The van der Waals surface area contributed by atoms with E-state index in [9.17, 15) is 18.0 Å². The Kier molecular flexibility index (Phi) is 5.55. The molecule has 0 bridgehead atoms. The maximum atomic E-state index is 13.4. The van der Waals surface area contributed by atoms with Crippen LogP contribution in [0.2, 0.25) is 0 Å². The second kappa shape index (κ2) is 7.98. The minimum atomic E-state index is -3.61. The number of urea groups is 1. The van der Waals surface area contributed by atoms with Gasteiger partial charge in [0.05, 0.1) is 12.6 Å². The molecule has 0 radical (unpaired) electrons. The molecule has 1 aromatic heterocycles. The van der Waals surface area contributed by atoms with Crippen LogP contribution in [-0.2, 0) is 27.7 Å². The van der Waals surface area contributed by atoms with Gasteiger partial charge >= 0.3 is 12.1 Å². The van der Waals surface area contributed by atoms with Crippen molar-refractivity contribution in [1.29, 1.82) is 0 Å². The molecule has 4 rings (SSSR count). The summed E-state index contributed by atoms with van der Waals surface area (Å²) in [7, 11) is -2.07. The van der Waals surface area contributed by atoms with E-state index in [4.69, 9.17) is 4.74 Å². The van der Waals surface area contributed by atoms with Crippen LogP contribution < -0.4 is 4.90 Å². The normalized spacial score (nSPS) is 18.6. The highest BCUT2D eigenvalue weighted by Gasteiger charge is 2.40. The highest BCUT2D eigenvalue weighted by atomic mass is 32.2. The monoisotopic (exact) mass is 473 g/mol. The number of aromatic nitrogens is 2. The number of benzene rings is 1. The lowest BCUT2D eigenvalue weighted by Gasteiger charge is -2.44. The molecule has 3 heterocycles. The smallest absolute Gasteiger partial charge is 0.410 e. The van der Waals surface area contributed by atoms with Crippen molar-refractivity contribution in [3.8, 4) is 0 Å². The summed E-state index contributed by atoms with van der Waals surface area (Å²) in [6, 6.07) is 6.94. The molecule has 0 saturated carbocycles. The highest BCUT2D eigenvalue weighted by Crippen LogP contribution is 2.37. The van der Waals surface area contributed by atoms with Crippen molar-refractivity contribution in [2.75, 3.05) is 24.7 Å². The number of anilines is 1. The van der Waals surface area contributed by atoms with Crippen LogP contribution in [0.1, 0.15) is 43.5 Å². The van der Waals surface area contributed by atoms with E-state index in [1.807, 2.05) is 45.0 Å². The van der Waals surface area contributed by atoms with Crippen molar-refractivity contribution < 1.29 is 22.7 Å². The van der Waals surface area contributed by atoms with Gasteiger partial charge in [-0.15, -0.1) is 0 Å². The number of ether oxygens (including phenoxy) is 1. The van der Waals surface area contributed by atoms with E-state index >= 15 is 0 Å². The minimum Gasteiger partial charge on any atom is -0.444 e. The number of hydrogen-bond acceptors (Lipinski definition) is 7. The van der Waals surface area contributed by atoms with Gasteiger partial charge in [-0.3, -0.25) is 4.90 Å². The molecule has 1 unspecified atom stereocenters. The largest absolute Gasteiger partial charge is 0.444 e. The number of rotatable bonds is 2. The topological polar surface area (TPSA) is 113 Å². The SMILES string of the molecule is CN1C(=O)N(C2CN(C(=O)OC(C)(C)C)Cc3ccccc32)Cc2cnc(S(C)(=O)=O)nc21. The molecule has 176 valence electrons. The Labute approximate surface area is 193 Å². The second-order valence-electron chi connectivity index (χ2n) is 9.32. The van der Waals surface area contributed by atoms with Crippen molar-refractivity contribution in [1.82, 2.24) is 19.8 Å². The zero-order valence-electron chi connectivity index (χ0n) is 19.3. The first-order valence-corrected chi connectivity index (χ1v) is 12.4. The van der Waals surface area contributed by atoms with Gasteiger partial charge in [0, 0.05) is 38.2 Å². The molecule has 0 saturated heterocycles. The van der Waals surface area contributed by atoms with Gasteiger partial charge in [0.15, 0.2) is 0 Å². The van der Waals surface area contributed by atoms with E-state index in [0.717, 1.165) is 17.4 Å². The maximum absolute atomic E-state index is 13.4. The molecule has 2 aliphatic rings. The van der Waals surface area contributed by atoms with Gasteiger partial charge in [0.25, 0.3) is 0 Å². The van der Waals surface area contributed by atoms with Crippen LogP contribution in [0.5, 0.6) is 0 Å². The lowest BCUT2D eigenvalue weighted by atomic mass is 9.93. The van der Waals surface area contributed by atoms with Crippen molar-refractivity contribution in [2.24, 2.45) is 0 Å². The molecule has 0 aliphatic carbocycles. The Bertz CT molecular complexity index is 1220. The van der Waals surface area contributed by atoms with Gasteiger partial charge in [-0.05, 0) is 31.9 Å². The molecule has 33 heavy (non-hydrogen) atoms. The first-order chi connectivity index (χ1) is 15.3. The van der Waals surface area contributed by atoms with E-state index in [-0.39, 0.29) is 30.1 Å². The fourth-order valence-electron chi connectivity index (χ4n) is 4.05. The zero-order valence-corrected chi connectivity index (χ0v) is 20.1. The predicted molar refractivity (Wildman–Crippen MR) is 120 cm³/mol. The number of sulfone groups is 1. The van der Waals surface area contributed by atoms with Gasteiger partial charge in [0.1, 0.15) is 11.4 Å². The van der Waals surface area contributed by atoms with Crippen LogP contribution in [-0.4, -0.2) is 65.8 Å². The van der Waals surface area contributed by atoms with Crippen molar-refractivity contribution in [3.63, 3.8) is 0 Å². The Morgan fingerprint density at radius 1 is 1.15 bits per heavy atom. The maximum Gasteiger partial charge on any atom is 0.410 e. The van der Waals surface area contributed by atoms with Crippen molar-refractivity contribution in [3.05, 3.63) is 47.2 Å². The summed E-state index contributed by atoms with van der Waals surface area (Å²) in [4.78, 5) is 38.9. The molecule has 0 N–H and O–H groups in total. The molecule has 0 spiro atoms. The third-order valence-electron chi connectivity index (χ3n) is 5.54. The first-order valence-electron chi connectivity index (χ1n) is 10.5. The van der Waals surface area contributed by atoms with Gasteiger partial charge in [-0.25, -0.2) is 28.0 Å². The zero-order chi connectivity index (χ0) is 24.1. The molecule has 11 heteroatoms. The van der Waals surface area contributed by atoms with E-state index in [1.165, 1.54) is 11.1 Å². The van der Waals surface area contributed by atoms with Gasteiger partial charge in [-0.1, -0.05) is 24.3 Å². The Balaban J connectivity index is 1.70. The summed E-state index contributed by atoms with van der Waals surface area (Å²) in [5.41, 5.74) is 1.87. The summed E-state index contributed by atoms with van der Waals surface area (Å²) >= 11 is 0. The molecule has 2 aromatic rings. The minimum absolute atomic E-state index is 0.184. The van der Waals surface area contributed by atoms with E-state index in [2.05, 4.69) is 9.97 Å². The van der Waals surface area contributed by atoms with Crippen LogP contribution in [0.4, 0.5) is 15.4 Å². The third-order valence-corrected chi connectivity index (χ3v) is 6.40. The lowest BCUT2D eigenvalue weighted by molar-refractivity contribution is 0.0151. The van der Waals surface area contributed by atoms with E-state index in [0.29, 0.717) is 12.1 Å². The van der Waals surface area contributed by atoms with Crippen molar-refractivity contribution in [2.45, 2.75) is 50.7 Å². The van der Waals surface area contributed by atoms with Gasteiger partial charge in [0.2, 0.25) is 15.0 Å². The fourth-order valence-corrected chi connectivity index (χ4v) is 4.55. The number of fused-ring (bicyclic) bond motifs is 2. The average molecular weight is 474 g/mol. The summed E-state index contributed by atoms with van der Waals surface area (Å²) in [6.07, 6.45) is 2.02. The molecule has 1 aromatic carbocycles. The Morgan fingerprint density at radius 2 is 1.85 bits per heavy atom. The molecule has 3 amide bonds. The summed E-state index contributed by atoms with van der Waals surface area (Å²) in [5, 5.41) is -0.325. The summed E-state index contributed by atoms with van der Waals surface area (Å²) < 4.78 is 29.3. The number of carbonyl (C=O) groups excluding carboxylic acids is 2. The lowest BCUT2D eigenvalue weighted by Crippen LogP contribution is -2.52. The fraction of sp³-hybridized carbons (Fsp3) is 0.455. The first kappa shape index (κ1) is 23.0. The molecule has 10 nitrogen and oxygen atoms in total. The van der Waals surface area contributed by atoms with Crippen LogP contribution in [0.3, 0.4) is 0 Å². The van der Waals surface area contributed by atoms with Crippen LogP contribution >= 0.6 is 0 Å². The number of hydrogen-bond donors (Lipinski definition) is 0. The highest BCUT2D eigenvalue weighted by molar-refractivity contribution is 7.90. The van der Waals surface area contributed by atoms with Crippen LogP contribution in [0.15, 0.2) is 35.6 Å². The third kappa shape index (κ3) is 4.50. The Morgan fingerprint density at radius 3 is 2.52 bits per heavy atom. The summed E-state index contributed by atoms with van der Waals surface area (Å²) in [6.45, 7) is 6.27. The number of nitrogens with zero attached hydrogens (tertiary/aromatic N) is 5. The molecule has 0 fully saturated rings. The number of amides is 3. The molecule has 2 aliphatic heterocycles. The summed E-state index contributed by atoms with van der Waals surface area (Å²) in [5.74, 6) is 0.264. The van der Waals surface area contributed by atoms with Gasteiger partial charge < -0.3 is 14.5 Å². The molecular weight excluding hydrogens is 446 g/mol. The Hall–Kier alpha value is -3.21. The quantitative estimate of drug-likeness (QED) is 0.616. The van der Waals surface area contributed by atoms with Gasteiger partial charge in [-0.2, -0.15) is 0 Å². The standard InChI is InChI=1S/C22H27N5O5S/c1-22(2,3)32-21(29)26-11-14-8-6-7-9-16(14)17(13-26)27-12-15-10-23-19(33(5,30)31)24-18(15)25(4)20(27)28/h6-10,17H,11-13H2,1-5H3. The van der Waals surface area contributed by atoms with Crippen LogP contribution in [0, 0.1) is 0 Å². The second-order valence-corrected chi connectivity index (χ2v) is 11.2. The average Bonchev–Trinajstić information content (AvgIpc) is 2.73. The molecule has 1 atom stereocenters. The van der Waals surface area contributed by atoms with Crippen molar-refractivity contribution >= 4 is 27.8 Å². The number of carbonyl (C=O) groups is 2.